The van der Waals surface area contributed by atoms with Crippen LogP contribution in [-0.4, -0.2) is 35.6 Å². The van der Waals surface area contributed by atoms with Crippen LogP contribution in [0.15, 0.2) is 22.5 Å². The Morgan fingerprint density at radius 2 is 2.05 bits per heavy atom. The van der Waals surface area contributed by atoms with E-state index in [1.54, 1.807) is 23.1 Å². The van der Waals surface area contributed by atoms with Gasteiger partial charge in [0, 0.05) is 18.8 Å². The molecule has 3 rings (SSSR count). The van der Waals surface area contributed by atoms with Gasteiger partial charge < -0.3 is 9.64 Å². The van der Waals surface area contributed by atoms with Crippen LogP contribution in [0.2, 0.25) is 0 Å². The third-order valence-corrected chi connectivity index (χ3v) is 5.76. The number of aromatic nitrogens is 2. The number of rotatable bonds is 6. The van der Waals surface area contributed by atoms with Crippen molar-refractivity contribution in [1.29, 1.82) is 0 Å². The predicted molar refractivity (Wildman–Crippen MR) is 93.5 cm³/mol. The van der Waals surface area contributed by atoms with E-state index in [1.165, 1.54) is 24.0 Å². The quantitative estimate of drug-likeness (QED) is 0.591. The fourth-order valence-electron chi connectivity index (χ4n) is 2.44. The second-order valence-corrected chi connectivity index (χ2v) is 7.81. The van der Waals surface area contributed by atoms with Gasteiger partial charge in [0.15, 0.2) is 4.34 Å². The molecule has 1 aliphatic rings. The van der Waals surface area contributed by atoms with Crippen LogP contribution in [0.5, 0.6) is 5.75 Å². The SMILES string of the molecule is Cc1ccc(C)c(OCCSc2nnc(N3CCCC3)s2)c1. The minimum absolute atomic E-state index is 0.688. The van der Waals surface area contributed by atoms with Gasteiger partial charge in [0.25, 0.3) is 0 Å². The molecule has 0 bridgehead atoms. The third kappa shape index (κ3) is 3.93. The molecule has 1 saturated heterocycles. The number of ether oxygens (including phenoxy) is 1. The molecule has 6 heteroatoms. The maximum atomic E-state index is 5.87. The molecule has 0 unspecified atom stereocenters. The van der Waals surface area contributed by atoms with Crippen LogP contribution in [0.4, 0.5) is 5.13 Å². The average Bonchev–Trinajstić information content (AvgIpc) is 3.17. The first-order valence-corrected chi connectivity index (χ1v) is 9.44. The van der Waals surface area contributed by atoms with Gasteiger partial charge in [0.1, 0.15) is 5.75 Å². The van der Waals surface area contributed by atoms with Crippen molar-refractivity contribution in [2.75, 3.05) is 30.3 Å². The molecule has 1 fully saturated rings. The first kappa shape index (κ1) is 15.6. The van der Waals surface area contributed by atoms with Crippen molar-refractivity contribution in [3.05, 3.63) is 29.3 Å². The molecule has 1 aromatic heterocycles. The Hall–Kier alpha value is -1.27. The van der Waals surface area contributed by atoms with Gasteiger partial charge in [-0.3, -0.25) is 0 Å². The maximum Gasteiger partial charge on any atom is 0.209 e. The summed E-state index contributed by atoms with van der Waals surface area (Å²) in [7, 11) is 0. The zero-order chi connectivity index (χ0) is 15.4. The molecule has 2 heterocycles. The Kier molecular flexibility index (Phi) is 5.20. The van der Waals surface area contributed by atoms with E-state index in [2.05, 4.69) is 47.1 Å². The summed E-state index contributed by atoms with van der Waals surface area (Å²) in [6.45, 7) is 7.09. The molecule has 0 amide bonds. The molecular formula is C16H21N3OS2. The van der Waals surface area contributed by atoms with Gasteiger partial charge in [-0.2, -0.15) is 0 Å². The van der Waals surface area contributed by atoms with Crippen molar-refractivity contribution in [3.8, 4) is 5.75 Å². The fourth-order valence-corrected chi connectivity index (χ4v) is 4.22. The van der Waals surface area contributed by atoms with Gasteiger partial charge in [-0.15, -0.1) is 10.2 Å². The second kappa shape index (κ2) is 7.33. The first-order chi connectivity index (χ1) is 10.7. The summed E-state index contributed by atoms with van der Waals surface area (Å²) >= 11 is 3.42. The standard InChI is InChI=1S/C16H21N3OS2/c1-12-5-6-13(2)14(11-12)20-9-10-21-16-18-17-15(22-16)19-7-3-4-8-19/h5-6,11H,3-4,7-10H2,1-2H3. The largest absolute Gasteiger partial charge is 0.492 e. The number of hydrogen-bond acceptors (Lipinski definition) is 6. The van der Waals surface area contributed by atoms with E-state index in [9.17, 15) is 0 Å². The summed E-state index contributed by atoms with van der Waals surface area (Å²) in [5.74, 6) is 1.87. The Morgan fingerprint density at radius 1 is 1.23 bits per heavy atom. The number of hydrogen-bond donors (Lipinski definition) is 0. The first-order valence-electron chi connectivity index (χ1n) is 7.64. The van der Waals surface area contributed by atoms with Crippen molar-refractivity contribution in [1.82, 2.24) is 10.2 Å². The lowest BCUT2D eigenvalue weighted by Gasteiger charge is -2.11. The van der Waals surface area contributed by atoms with Crippen molar-refractivity contribution >= 4 is 28.2 Å². The lowest BCUT2D eigenvalue weighted by atomic mass is 10.1. The van der Waals surface area contributed by atoms with Gasteiger partial charge in [0.05, 0.1) is 6.61 Å². The van der Waals surface area contributed by atoms with Crippen molar-refractivity contribution in [2.24, 2.45) is 0 Å². The molecule has 0 saturated carbocycles. The van der Waals surface area contributed by atoms with Crippen LogP contribution < -0.4 is 9.64 Å². The molecule has 0 aliphatic carbocycles. The molecule has 2 aromatic rings. The normalized spacial score (nSPS) is 14.5. The molecule has 1 aromatic carbocycles. The van der Waals surface area contributed by atoms with E-state index in [-0.39, 0.29) is 0 Å². The zero-order valence-corrected chi connectivity index (χ0v) is 14.7. The minimum Gasteiger partial charge on any atom is -0.492 e. The summed E-state index contributed by atoms with van der Waals surface area (Å²) in [5, 5.41) is 9.63. The predicted octanol–water partition coefficient (Wildman–Crippen LogP) is 3.93. The molecule has 0 N–H and O–H groups in total. The number of thioether (sulfide) groups is 1. The molecule has 0 atom stereocenters. The monoisotopic (exact) mass is 335 g/mol. The summed E-state index contributed by atoms with van der Waals surface area (Å²) < 4.78 is 6.90. The van der Waals surface area contributed by atoms with Gasteiger partial charge in [-0.05, 0) is 43.9 Å². The number of nitrogens with zero attached hydrogens (tertiary/aromatic N) is 3. The topological polar surface area (TPSA) is 38.3 Å². The van der Waals surface area contributed by atoms with Crippen LogP contribution in [-0.2, 0) is 0 Å². The highest BCUT2D eigenvalue weighted by molar-refractivity contribution is 8.01. The molecule has 118 valence electrons. The van der Waals surface area contributed by atoms with E-state index in [0.717, 1.165) is 34.1 Å². The maximum absolute atomic E-state index is 5.87. The molecule has 0 spiro atoms. The highest BCUT2D eigenvalue weighted by Gasteiger charge is 2.16. The molecule has 0 radical (unpaired) electrons. The third-order valence-electron chi connectivity index (χ3n) is 3.68. The molecular weight excluding hydrogens is 314 g/mol. The Morgan fingerprint density at radius 3 is 2.86 bits per heavy atom. The Balaban J connectivity index is 1.46. The van der Waals surface area contributed by atoms with Crippen LogP contribution in [0, 0.1) is 13.8 Å². The second-order valence-electron chi connectivity index (χ2n) is 5.51. The fraction of sp³-hybridized carbons (Fsp3) is 0.500. The van der Waals surface area contributed by atoms with Crippen LogP contribution in [0.25, 0.3) is 0 Å². The van der Waals surface area contributed by atoms with E-state index >= 15 is 0 Å². The molecule has 4 nitrogen and oxygen atoms in total. The van der Waals surface area contributed by atoms with Crippen LogP contribution in [0.1, 0.15) is 24.0 Å². The molecule has 1 aliphatic heterocycles. The van der Waals surface area contributed by atoms with E-state index < -0.39 is 0 Å². The van der Waals surface area contributed by atoms with Gasteiger partial charge in [-0.1, -0.05) is 35.2 Å². The summed E-state index contributed by atoms with van der Waals surface area (Å²) in [4.78, 5) is 2.33. The van der Waals surface area contributed by atoms with Crippen molar-refractivity contribution < 1.29 is 4.74 Å². The van der Waals surface area contributed by atoms with Crippen molar-refractivity contribution in [3.63, 3.8) is 0 Å². The van der Waals surface area contributed by atoms with E-state index in [4.69, 9.17) is 4.74 Å². The smallest absolute Gasteiger partial charge is 0.209 e. The number of aryl methyl sites for hydroxylation is 2. The van der Waals surface area contributed by atoms with Crippen LogP contribution >= 0.6 is 23.1 Å². The average molecular weight is 335 g/mol. The van der Waals surface area contributed by atoms with E-state index in [1.807, 2.05) is 0 Å². The minimum atomic E-state index is 0.688. The lowest BCUT2D eigenvalue weighted by molar-refractivity contribution is 0.341. The summed E-state index contributed by atoms with van der Waals surface area (Å²) in [6, 6.07) is 6.30. The Bertz CT molecular complexity index is 624. The summed E-state index contributed by atoms with van der Waals surface area (Å²) in [6.07, 6.45) is 2.54. The van der Waals surface area contributed by atoms with Gasteiger partial charge in [-0.25, -0.2) is 0 Å². The van der Waals surface area contributed by atoms with Crippen molar-refractivity contribution in [2.45, 2.75) is 31.0 Å². The number of anilines is 1. The Labute approximate surface area is 139 Å². The van der Waals surface area contributed by atoms with Crippen LogP contribution in [0.3, 0.4) is 0 Å². The summed E-state index contributed by atoms with van der Waals surface area (Å²) in [5.41, 5.74) is 2.41. The highest BCUT2D eigenvalue weighted by atomic mass is 32.2. The van der Waals surface area contributed by atoms with Gasteiger partial charge in [0.2, 0.25) is 5.13 Å². The van der Waals surface area contributed by atoms with E-state index in [0.29, 0.717) is 6.61 Å². The number of benzene rings is 1. The lowest BCUT2D eigenvalue weighted by Crippen LogP contribution is -2.17. The van der Waals surface area contributed by atoms with Gasteiger partial charge >= 0.3 is 0 Å². The molecule has 22 heavy (non-hydrogen) atoms. The zero-order valence-electron chi connectivity index (χ0n) is 13.0. The highest BCUT2D eigenvalue weighted by Crippen LogP contribution is 2.30.